The molecule has 1 N–H and O–H groups in total. The highest BCUT2D eigenvalue weighted by atomic mass is 35.5. The van der Waals surface area contributed by atoms with Crippen molar-refractivity contribution in [1.29, 1.82) is 0 Å². The minimum absolute atomic E-state index is 0.142. The third-order valence-corrected chi connectivity index (χ3v) is 4.06. The van der Waals surface area contributed by atoms with E-state index in [0.717, 1.165) is 21.3 Å². The number of aryl methyl sites for hydroxylation is 2. The Morgan fingerprint density at radius 2 is 1.94 bits per heavy atom. The lowest BCUT2D eigenvalue weighted by Crippen LogP contribution is -2.17. The molecule has 0 fully saturated rings. The first-order chi connectivity index (χ1) is 8.11. The molecular weight excluding hydrogens is 252 g/mol. The zero-order valence-corrected chi connectivity index (χ0v) is 11.7. The fourth-order valence-electron chi connectivity index (χ4n) is 1.99. The van der Waals surface area contributed by atoms with Crippen LogP contribution in [0.2, 0.25) is 5.02 Å². The maximum atomic E-state index is 6.20. The molecule has 17 heavy (non-hydrogen) atoms. The van der Waals surface area contributed by atoms with E-state index in [1.165, 1.54) is 5.56 Å². The van der Waals surface area contributed by atoms with Crippen LogP contribution in [-0.2, 0) is 0 Å². The summed E-state index contributed by atoms with van der Waals surface area (Å²) in [5.41, 5.74) is 3.28. The Labute approximate surface area is 111 Å². The summed E-state index contributed by atoms with van der Waals surface area (Å²) in [6, 6.07) is 6.28. The standard InChI is InChI=1S/C13H15ClN2S/c1-8-6-10(7-9(2)16-8)12(15-3)13-11(14)4-5-17-13/h4-7,12,15H,1-3H3. The van der Waals surface area contributed by atoms with Gasteiger partial charge in [-0.05, 0) is 50.0 Å². The molecule has 0 bridgehead atoms. The quantitative estimate of drug-likeness (QED) is 0.916. The molecule has 2 heterocycles. The number of hydrogen-bond acceptors (Lipinski definition) is 3. The van der Waals surface area contributed by atoms with Crippen molar-refractivity contribution in [3.8, 4) is 0 Å². The largest absolute Gasteiger partial charge is 0.309 e. The third-order valence-electron chi connectivity index (χ3n) is 2.63. The second-order valence-electron chi connectivity index (χ2n) is 4.04. The molecule has 0 aliphatic heterocycles. The van der Waals surface area contributed by atoms with Crippen LogP contribution in [-0.4, -0.2) is 12.0 Å². The second kappa shape index (κ2) is 5.17. The fraction of sp³-hybridized carbons (Fsp3) is 0.308. The van der Waals surface area contributed by atoms with E-state index in [-0.39, 0.29) is 6.04 Å². The summed E-state index contributed by atoms with van der Waals surface area (Å²) in [5, 5.41) is 6.15. The summed E-state index contributed by atoms with van der Waals surface area (Å²) < 4.78 is 0. The van der Waals surface area contributed by atoms with Crippen LogP contribution in [0.1, 0.15) is 27.9 Å². The van der Waals surface area contributed by atoms with Gasteiger partial charge in [-0.2, -0.15) is 0 Å². The van der Waals surface area contributed by atoms with Crippen LogP contribution < -0.4 is 5.32 Å². The Kier molecular flexibility index (Phi) is 3.82. The van der Waals surface area contributed by atoms with Crippen LogP contribution in [0.3, 0.4) is 0 Å². The molecule has 0 radical (unpaired) electrons. The number of rotatable bonds is 3. The minimum Gasteiger partial charge on any atom is -0.309 e. The molecule has 2 rings (SSSR count). The Bertz CT molecular complexity index is 502. The zero-order valence-electron chi connectivity index (χ0n) is 10.1. The zero-order chi connectivity index (χ0) is 12.4. The first kappa shape index (κ1) is 12.6. The summed E-state index contributed by atoms with van der Waals surface area (Å²) >= 11 is 7.87. The molecule has 1 atom stereocenters. The smallest absolute Gasteiger partial charge is 0.0685 e. The molecule has 1 unspecified atom stereocenters. The molecule has 0 spiro atoms. The Hall–Kier alpha value is -0.900. The molecular formula is C13H15ClN2S. The van der Waals surface area contributed by atoms with E-state index in [1.807, 2.05) is 32.3 Å². The molecule has 0 saturated carbocycles. The van der Waals surface area contributed by atoms with Crippen LogP contribution in [0.5, 0.6) is 0 Å². The van der Waals surface area contributed by atoms with Gasteiger partial charge in [0.25, 0.3) is 0 Å². The molecule has 2 aromatic rings. The number of nitrogens with one attached hydrogen (secondary N) is 1. The number of nitrogens with zero attached hydrogens (tertiary/aromatic N) is 1. The average molecular weight is 267 g/mol. The minimum atomic E-state index is 0.142. The predicted octanol–water partition coefficient (Wildman–Crippen LogP) is 3.72. The van der Waals surface area contributed by atoms with Crippen molar-refractivity contribution in [1.82, 2.24) is 10.3 Å². The molecule has 4 heteroatoms. The average Bonchev–Trinajstić information content (AvgIpc) is 2.65. The Morgan fingerprint density at radius 3 is 2.41 bits per heavy atom. The molecule has 2 aromatic heterocycles. The summed E-state index contributed by atoms with van der Waals surface area (Å²) in [6.45, 7) is 4.03. The van der Waals surface area contributed by atoms with E-state index in [0.29, 0.717) is 0 Å². The highest BCUT2D eigenvalue weighted by molar-refractivity contribution is 7.10. The summed E-state index contributed by atoms with van der Waals surface area (Å²) in [4.78, 5) is 5.55. The van der Waals surface area contributed by atoms with Gasteiger partial charge in [0.2, 0.25) is 0 Å². The molecule has 90 valence electrons. The van der Waals surface area contributed by atoms with Gasteiger partial charge >= 0.3 is 0 Å². The van der Waals surface area contributed by atoms with E-state index >= 15 is 0 Å². The van der Waals surface area contributed by atoms with Crippen LogP contribution >= 0.6 is 22.9 Å². The van der Waals surface area contributed by atoms with Gasteiger partial charge in [0.1, 0.15) is 0 Å². The maximum Gasteiger partial charge on any atom is 0.0685 e. The molecule has 0 aliphatic carbocycles. The monoisotopic (exact) mass is 266 g/mol. The lowest BCUT2D eigenvalue weighted by molar-refractivity contribution is 0.700. The van der Waals surface area contributed by atoms with Crippen molar-refractivity contribution >= 4 is 22.9 Å². The summed E-state index contributed by atoms with van der Waals surface area (Å²) in [5.74, 6) is 0. The van der Waals surface area contributed by atoms with E-state index < -0.39 is 0 Å². The van der Waals surface area contributed by atoms with E-state index in [1.54, 1.807) is 11.3 Å². The maximum absolute atomic E-state index is 6.20. The van der Waals surface area contributed by atoms with Crippen LogP contribution in [0.25, 0.3) is 0 Å². The van der Waals surface area contributed by atoms with Crippen LogP contribution in [0, 0.1) is 13.8 Å². The normalized spacial score (nSPS) is 12.7. The highest BCUT2D eigenvalue weighted by Gasteiger charge is 2.17. The van der Waals surface area contributed by atoms with Crippen molar-refractivity contribution < 1.29 is 0 Å². The van der Waals surface area contributed by atoms with Gasteiger partial charge in [0.15, 0.2) is 0 Å². The number of aromatic nitrogens is 1. The second-order valence-corrected chi connectivity index (χ2v) is 5.39. The molecule has 2 nitrogen and oxygen atoms in total. The first-order valence-electron chi connectivity index (χ1n) is 5.47. The molecule has 0 aromatic carbocycles. The summed E-state index contributed by atoms with van der Waals surface area (Å²) in [7, 11) is 1.95. The molecule has 0 saturated heterocycles. The van der Waals surface area contributed by atoms with Gasteiger partial charge in [0.05, 0.1) is 11.1 Å². The predicted molar refractivity (Wildman–Crippen MR) is 73.9 cm³/mol. The van der Waals surface area contributed by atoms with Gasteiger partial charge < -0.3 is 5.32 Å². The van der Waals surface area contributed by atoms with Crippen LogP contribution in [0.4, 0.5) is 0 Å². The van der Waals surface area contributed by atoms with Crippen molar-refractivity contribution in [3.05, 3.63) is 50.4 Å². The summed E-state index contributed by atoms with van der Waals surface area (Å²) in [6.07, 6.45) is 0. The van der Waals surface area contributed by atoms with Crippen molar-refractivity contribution in [2.24, 2.45) is 0 Å². The van der Waals surface area contributed by atoms with E-state index in [4.69, 9.17) is 11.6 Å². The third kappa shape index (κ3) is 2.68. The van der Waals surface area contributed by atoms with Gasteiger partial charge in [-0.25, -0.2) is 0 Å². The van der Waals surface area contributed by atoms with Crippen molar-refractivity contribution in [3.63, 3.8) is 0 Å². The fourth-order valence-corrected chi connectivity index (χ4v) is 3.30. The molecule has 0 aliphatic rings. The number of thiophene rings is 1. The van der Waals surface area contributed by atoms with Gasteiger partial charge in [-0.3, -0.25) is 4.98 Å². The van der Waals surface area contributed by atoms with E-state index in [2.05, 4.69) is 22.4 Å². The van der Waals surface area contributed by atoms with E-state index in [9.17, 15) is 0 Å². The number of pyridine rings is 1. The van der Waals surface area contributed by atoms with Gasteiger partial charge in [-0.1, -0.05) is 11.6 Å². The van der Waals surface area contributed by atoms with Gasteiger partial charge in [-0.15, -0.1) is 11.3 Å². The Morgan fingerprint density at radius 1 is 1.29 bits per heavy atom. The number of halogens is 1. The SMILES string of the molecule is CNC(c1cc(C)nc(C)c1)c1sccc1Cl. The van der Waals surface area contributed by atoms with Gasteiger partial charge in [0, 0.05) is 16.3 Å². The Balaban J connectivity index is 2.45. The number of hydrogen-bond donors (Lipinski definition) is 1. The first-order valence-corrected chi connectivity index (χ1v) is 6.73. The van der Waals surface area contributed by atoms with Crippen LogP contribution in [0.15, 0.2) is 23.6 Å². The van der Waals surface area contributed by atoms with Crippen molar-refractivity contribution in [2.75, 3.05) is 7.05 Å². The lowest BCUT2D eigenvalue weighted by Gasteiger charge is -2.16. The highest BCUT2D eigenvalue weighted by Crippen LogP contribution is 2.32. The lowest BCUT2D eigenvalue weighted by atomic mass is 10.0. The molecule has 0 amide bonds. The topological polar surface area (TPSA) is 24.9 Å². The van der Waals surface area contributed by atoms with Crippen molar-refractivity contribution in [2.45, 2.75) is 19.9 Å².